The number of allylic oxidation sites excluding steroid dienone is 1. The van der Waals surface area contributed by atoms with Gasteiger partial charge in [-0.05, 0) is 57.6 Å². The number of amides is 5. The molecule has 3 aliphatic rings. The summed E-state index contributed by atoms with van der Waals surface area (Å²) in [7, 11) is -4.35. The molecule has 20 heteroatoms. The Morgan fingerprint density at radius 3 is 2.43 bits per heavy atom. The molecule has 5 atom stereocenters. The first kappa shape index (κ1) is 42.2. The van der Waals surface area contributed by atoms with Crippen molar-refractivity contribution in [3.63, 3.8) is 0 Å². The van der Waals surface area contributed by atoms with Gasteiger partial charge < -0.3 is 35.5 Å². The van der Waals surface area contributed by atoms with Gasteiger partial charge in [0.05, 0.1) is 12.6 Å². The maximum Gasteiger partial charge on any atom is 0.410 e. The van der Waals surface area contributed by atoms with Gasteiger partial charge in [0.1, 0.15) is 29.6 Å². The average molecular weight is 817 g/mol. The zero-order chi connectivity index (χ0) is 40.8. The van der Waals surface area contributed by atoms with Crippen LogP contribution in [0, 0.1) is 5.92 Å². The molecule has 1 aliphatic carbocycles. The molecule has 3 heterocycles. The van der Waals surface area contributed by atoms with E-state index >= 15 is 0 Å². The molecule has 5 rings (SSSR count). The van der Waals surface area contributed by atoms with Crippen LogP contribution in [-0.2, 0) is 51.8 Å². The summed E-state index contributed by atoms with van der Waals surface area (Å²) >= 11 is 0.593. The molecule has 0 unspecified atom stereocenters. The molecule has 0 bridgehead atoms. The molecule has 2 aliphatic heterocycles. The minimum Gasteiger partial charge on any atom is -0.444 e. The maximum atomic E-state index is 13.9. The number of likely N-dealkylation sites (tertiary alicyclic amines) is 1. The van der Waals surface area contributed by atoms with Crippen LogP contribution in [0.25, 0.3) is 0 Å². The summed E-state index contributed by atoms with van der Waals surface area (Å²) in [5.41, 5.74) is 6.04. The largest absolute Gasteiger partial charge is 0.444 e. The molecule has 0 spiro atoms. The van der Waals surface area contributed by atoms with Crippen LogP contribution in [0.15, 0.2) is 40.8 Å². The third kappa shape index (κ3) is 10.9. The van der Waals surface area contributed by atoms with Crippen molar-refractivity contribution in [3.8, 4) is 0 Å². The van der Waals surface area contributed by atoms with Crippen molar-refractivity contribution in [1.29, 1.82) is 0 Å². The van der Waals surface area contributed by atoms with E-state index in [1.165, 1.54) is 11.8 Å². The van der Waals surface area contributed by atoms with Crippen LogP contribution < -0.4 is 21.1 Å². The van der Waals surface area contributed by atoms with Crippen molar-refractivity contribution in [1.82, 2.24) is 30.0 Å². The van der Waals surface area contributed by atoms with E-state index in [0.29, 0.717) is 56.4 Å². The Kier molecular flexibility index (Phi) is 13.2. The number of sulfonamides is 1. The van der Waals surface area contributed by atoms with Crippen molar-refractivity contribution in [3.05, 3.63) is 47.5 Å². The summed E-state index contributed by atoms with van der Waals surface area (Å²) in [5, 5.41) is 12.1. The number of ether oxygens (including phenoxy) is 2. The fourth-order valence-corrected chi connectivity index (χ4v) is 8.51. The number of alkyl carbamates (subject to hydrolysis) is 1. The van der Waals surface area contributed by atoms with Gasteiger partial charge in [-0.3, -0.25) is 19.3 Å². The number of nitrogens with zero attached hydrogens (tertiary/aromatic N) is 4. The van der Waals surface area contributed by atoms with E-state index in [0.717, 1.165) is 11.1 Å². The van der Waals surface area contributed by atoms with Crippen LogP contribution in [0.5, 0.6) is 0 Å². The Labute approximate surface area is 329 Å². The van der Waals surface area contributed by atoms with Crippen molar-refractivity contribution < 1.29 is 46.7 Å². The Bertz CT molecular complexity index is 1940. The van der Waals surface area contributed by atoms with Crippen LogP contribution in [-0.4, -0.2) is 100 Å². The predicted octanol–water partition coefficient (Wildman–Crippen LogP) is 2.74. The van der Waals surface area contributed by atoms with Crippen molar-refractivity contribution in [2.45, 2.75) is 119 Å². The van der Waals surface area contributed by atoms with Crippen LogP contribution in [0.3, 0.4) is 0 Å². The first-order valence-corrected chi connectivity index (χ1v) is 20.6. The molecule has 1 aromatic carbocycles. The second-order valence-electron chi connectivity index (χ2n) is 15.2. The molecule has 2 fully saturated rings. The number of fused-ring (bicyclic) bond motifs is 1. The van der Waals surface area contributed by atoms with Crippen LogP contribution in [0.1, 0.15) is 83.8 Å². The first-order chi connectivity index (χ1) is 26.4. The number of hydrogen-bond acceptors (Lipinski definition) is 14. The summed E-state index contributed by atoms with van der Waals surface area (Å²) in [6.07, 6.45) is 5.40. The summed E-state index contributed by atoms with van der Waals surface area (Å²) in [6.45, 7) is 7.16. The Balaban J connectivity index is 1.09. The fraction of sp³-hybridized carbons (Fsp3) is 0.556. The highest BCUT2D eigenvalue weighted by molar-refractivity contribution is 7.92. The van der Waals surface area contributed by atoms with Gasteiger partial charge >= 0.3 is 12.2 Å². The van der Waals surface area contributed by atoms with E-state index in [9.17, 15) is 37.2 Å². The number of nitrogens with two attached hydrogens (primary N) is 1. The van der Waals surface area contributed by atoms with E-state index in [2.05, 4.69) is 20.8 Å². The standard InChI is InChI=1S/C36H48N8O10S2/c1-22(46)38-31-40-41-33(55-31)56(51,52)42-30(48)36(37)17-25(36)14-8-6-5-7-9-15-28(39-32(49)54-35(2,3)4)29(47)44-20-27(16-26(44)21-45)53-34(50)43-18-23-12-10-11-13-24(23)19-43/h8,10-14,21,25-28H,5-7,9,15-20,37H2,1-4H3,(H,39,49)(H,42,48)(H,38,40,46)/b14-8-/t25-,26+,27-,28+,36-/m1/s1. The fourth-order valence-electron chi connectivity index (χ4n) is 6.51. The Morgan fingerprint density at radius 2 is 1.79 bits per heavy atom. The number of aldehydes is 1. The highest BCUT2D eigenvalue weighted by Crippen LogP contribution is 2.43. The lowest BCUT2D eigenvalue weighted by Gasteiger charge is -2.28. The van der Waals surface area contributed by atoms with Gasteiger partial charge in [-0.2, -0.15) is 8.42 Å². The van der Waals surface area contributed by atoms with Crippen molar-refractivity contribution in [2.75, 3.05) is 11.9 Å². The van der Waals surface area contributed by atoms with Crippen LogP contribution >= 0.6 is 11.3 Å². The molecule has 18 nitrogen and oxygen atoms in total. The zero-order valence-corrected chi connectivity index (χ0v) is 33.3. The number of nitrogens with one attached hydrogen (secondary N) is 3. The summed E-state index contributed by atoms with van der Waals surface area (Å²) in [6, 6.07) is 5.88. The molecule has 304 valence electrons. The summed E-state index contributed by atoms with van der Waals surface area (Å²) in [4.78, 5) is 78.6. The van der Waals surface area contributed by atoms with Gasteiger partial charge in [0, 0.05) is 32.4 Å². The molecular formula is C36H48N8O10S2. The van der Waals surface area contributed by atoms with Gasteiger partial charge in [-0.25, -0.2) is 14.3 Å². The van der Waals surface area contributed by atoms with Gasteiger partial charge in [-0.15, -0.1) is 10.2 Å². The lowest BCUT2D eigenvalue weighted by atomic mass is 10.0. The number of benzene rings is 1. The predicted molar refractivity (Wildman–Crippen MR) is 202 cm³/mol. The maximum absolute atomic E-state index is 13.9. The van der Waals surface area contributed by atoms with Crippen molar-refractivity contribution >= 4 is 62.7 Å². The highest BCUT2D eigenvalue weighted by atomic mass is 32.2. The van der Waals surface area contributed by atoms with Crippen molar-refractivity contribution in [2.24, 2.45) is 11.7 Å². The van der Waals surface area contributed by atoms with Gasteiger partial charge in [-0.1, -0.05) is 60.6 Å². The minimum atomic E-state index is -4.35. The monoisotopic (exact) mass is 816 g/mol. The average Bonchev–Trinajstić information content (AvgIpc) is 3.53. The molecule has 1 saturated carbocycles. The number of rotatable bonds is 15. The third-order valence-electron chi connectivity index (χ3n) is 9.46. The molecular weight excluding hydrogens is 769 g/mol. The number of anilines is 1. The number of aromatic nitrogens is 2. The molecule has 56 heavy (non-hydrogen) atoms. The molecule has 5 N–H and O–H groups in total. The second kappa shape index (κ2) is 17.5. The van der Waals surface area contributed by atoms with E-state index in [-0.39, 0.29) is 36.9 Å². The number of carbonyl (C=O) groups excluding carboxylic acids is 6. The quantitative estimate of drug-likeness (QED) is 0.0875. The summed E-state index contributed by atoms with van der Waals surface area (Å²) < 4.78 is 37.9. The van der Waals surface area contributed by atoms with Gasteiger partial charge in [0.25, 0.3) is 20.3 Å². The van der Waals surface area contributed by atoms with E-state index in [1.54, 1.807) is 31.7 Å². The third-order valence-corrected chi connectivity index (χ3v) is 12.0. The topological polar surface area (TPSA) is 249 Å². The van der Waals surface area contributed by atoms with E-state index in [1.807, 2.05) is 35.1 Å². The van der Waals surface area contributed by atoms with Gasteiger partial charge in [0.2, 0.25) is 16.9 Å². The van der Waals surface area contributed by atoms with Gasteiger partial charge in [0.15, 0.2) is 0 Å². The minimum absolute atomic E-state index is 0.00147. The van der Waals surface area contributed by atoms with Crippen LogP contribution in [0.2, 0.25) is 0 Å². The Morgan fingerprint density at radius 1 is 1.09 bits per heavy atom. The number of unbranched alkanes of at least 4 members (excludes halogenated alkanes) is 3. The SMILES string of the molecule is CC(=O)Nc1nnc(S(=O)(=O)NC(=O)[C@@]2(N)C[C@H]2/C=C\CCCCC[C@H](NC(=O)OC(C)(C)C)C(=O)N2C[C@H](OC(=O)N3Cc4ccccc4C3)C[C@H]2C=O)s1. The smallest absolute Gasteiger partial charge is 0.410 e. The normalized spacial score (nSPS) is 22.3. The number of hydrogen-bond donors (Lipinski definition) is 4. The zero-order valence-electron chi connectivity index (χ0n) is 31.7. The van der Waals surface area contributed by atoms with E-state index in [4.69, 9.17) is 15.2 Å². The second-order valence-corrected chi connectivity index (χ2v) is 18.0. The molecule has 1 aromatic heterocycles. The molecule has 0 radical (unpaired) electrons. The Hall–Kier alpha value is -4.95. The number of carbonyl (C=O) groups is 6. The summed E-state index contributed by atoms with van der Waals surface area (Å²) in [5.74, 6) is -2.20. The molecule has 2 aromatic rings. The highest BCUT2D eigenvalue weighted by Gasteiger charge is 2.56. The lowest BCUT2D eigenvalue weighted by molar-refractivity contribution is -0.137. The first-order valence-electron chi connectivity index (χ1n) is 18.3. The van der Waals surface area contributed by atoms with Crippen LogP contribution in [0.4, 0.5) is 14.7 Å². The molecule has 5 amide bonds. The van der Waals surface area contributed by atoms with E-state index < -0.39 is 73.6 Å². The lowest BCUT2D eigenvalue weighted by Crippen LogP contribution is -2.51. The molecule has 1 saturated heterocycles.